The van der Waals surface area contributed by atoms with Crippen LogP contribution >= 0.6 is 59.9 Å². The van der Waals surface area contributed by atoms with E-state index in [0.29, 0.717) is 0 Å². The summed E-state index contributed by atoms with van der Waals surface area (Å²) in [5.74, 6) is 2.00. The Labute approximate surface area is 82.3 Å². The van der Waals surface area contributed by atoms with E-state index in [0.717, 1.165) is 0 Å². The van der Waals surface area contributed by atoms with Crippen molar-refractivity contribution < 1.29 is 4.92 Å². The average molecular weight is 471 g/mol. The first-order valence-electron chi connectivity index (χ1n) is 1.26. The van der Waals surface area contributed by atoms with E-state index >= 15 is 0 Å². The number of hydrogen-bond acceptors (Lipinski definition) is 0. The van der Waals surface area contributed by atoms with E-state index in [1.165, 1.54) is 0 Å². The van der Waals surface area contributed by atoms with Crippen LogP contribution in [0, 0.1) is 12.3 Å². The van der Waals surface area contributed by atoms with Gasteiger partial charge in [-0.2, -0.15) is 0 Å². The summed E-state index contributed by atoms with van der Waals surface area (Å²) in [6.07, 6.45) is 5.96. The molecule has 0 unspecified atom stereocenters. The Morgan fingerprint density at radius 1 is 1.43 bits per heavy atom. The topological polar surface area (TPSA) is 0 Å². The van der Waals surface area contributed by atoms with E-state index in [1.807, 2.05) is 5.92 Å². The van der Waals surface area contributed by atoms with Gasteiger partial charge in [0.15, 0.2) is 0 Å². The van der Waals surface area contributed by atoms with Crippen LogP contribution in [0.15, 0.2) is 0 Å². The molecule has 0 aliphatic heterocycles. The molecule has 0 saturated heterocycles. The monoisotopic (exact) mass is 471 g/mol. The fraction of sp³-hybridized carbons (Fsp3) is 0.333. The van der Waals surface area contributed by atoms with Crippen LogP contribution in [-0.4, -0.2) is 0 Å². The fourth-order valence-corrected chi connectivity index (χ4v) is 0. The second-order valence-corrected chi connectivity index (χ2v) is 35.8. The van der Waals surface area contributed by atoms with Crippen molar-refractivity contribution in [1.82, 2.24) is 0 Å². The van der Waals surface area contributed by atoms with Crippen LogP contribution in [0.4, 0.5) is 0 Å². The fourth-order valence-electron chi connectivity index (χ4n) is 0. The van der Waals surface area contributed by atoms with Gasteiger partial charge in [-0.15, -0.1) is 0 Å². The molecule has 0 rings (SSSR count). The SMILES string of the molecule is [C-]#CC.[I][V]([I])[I]. The third-order valence-corrected chi connectivity index (χ3v) is 0. The van der Waals surface area contributed by atoms with Gasteiger partial charge in [0.2, 0.25) is 0 Å². The minimum atomic E-state index is -0.278. The van der Waals surface area contributed by atoms with E-state index in [9.17, 15) is 0 Å². The van der Waals surface area contributed by atoms with Gasteiger partial charge in [-0.1, -0.05) is 0 Å². The predicted octanol–water partition coefficient (Wildman–Crippen LogP) is 3.25. The number of hydrogen-bond donors (Lipinski definition) is 0. The standard InChI is InChI=1S/C3H3.3HI.V/c1-3-2;;;;/h1H3;3*1H;/q-1;;;;+3/p-3. The van der Waals surface area contributed by atoms with Crippen molar-refractivity contribution in [3.63, 3.8) is 0 Å². The van der Waals surface area contributed by atoms with Crippen molar-refractivity contribution in [2.45, 2.75) is 6.92 Å². The third-order valence-electron chi connectivity index (χ3n) is 0. The molecule has 0 atom stereocenters. The quantitative estimate of drug-likeness (QED) is 0.290. The molecule has 0 aromatic carbocycles. The van der Waals surface area contributed by atoms with Gasteiger partial charge >= 0.3 is 64.9 Å². The summed E-state index contributed by atoms with van der Waals surface area (Å²) in [6, 6.07) is 0. The van der Waals surface area contributed by atoms with Gasteiger partial charge in [-0.3, -0.25) is 0 Å². The number of halogens is 3. The molecule has 0 aliphatic rings. The van der Waals surface area contributed by atoms with Crippen molar-refractivity contribution in [2.75, 3.05) is 0 Å². The Morgan fingerprint density at radius 3 is 1.43 bits per heavy atom. The van der Waals surface area contributed by atoms with Crippen molar-refractivity contribution >= 4 is 59.9 Å². The van der Waals surface area contributed by atoms with Gasteiger partial charge in [0.25, 0.3) is 0 Å². The molecule has 0 aromatic heterocycles. The summed E-state index contributed by atoms with van der Waals surface area (Å²) in [4.78, 5) is -0.278. The Morgan fingerprint density at radius 2 is 1.43 bits per heavy atom. The molecule has 0 bridgehead atoms. The molecule has 0 spiro atoms. The van der Waals surface area contributed by atoms with E-state index in [-0.39, 0.29) is 4.92 Å². The summed E-state index contributed by atoms with van der Waals surface area (Å²) in [5.41, 5.74) is 0. The zero-order valence-electron chi connectivity index (χ0n) is 3.58. The normalized spacial score (nSPS) is 6.29. The summed E-state index contributed by atoms with van der Waals surface area (Å²) >= 11 is 7.39. The van der Waals surface area contributed by atoms with Crippen LogP contribution < -0.4 is 0 Å². The maximum atomic E-state index is 5.96. The van der Waals surface area contributed by atoms with Crippen LogP contribution in [0.2, 0.25) is 0 Å². The molecule has 0 N–H and O–H groups in total. The molecule has 0 saturated carbocycles. The predicted molar refractivity (Wildman–Crippen MR) is 54.9 cm³/mol. The van der Waals surface area contributed by atoms with Crippen LogP contribution in [0.5, 0.6) is 0 Å². The zero-order chi connectivity index (χ0) is 6.28. The molecule has 0 amide bonds. The second-order valence-electron chi connectivity index (χ2n) is 0.442. The van der Waals surface area contributed by atoms with Gasteiger partial charge < -0.3 is 12.3 Å². The first-order chi connectivity index (χ1) is 3.15. The molecule has 0 aromatic rings. The molecule has 0 radical (unpaired) electrons. The van der Waals surface area contributed by atoms with Crippen molar-refractivity contribution in [3.8, 4) is 5.92 Å². The van der Waals surface area contributed by atoms with Crippen molar-refractivity contribution in [2.24, 2.45) is 0 Å². The molecule has 0 heterocycles. The van der Waals surface area contributed by atoms with Crippen molar-refractivity contribution in [1.29, 1.82) is 0 Å². The van der Waals surface area contributed by atoms with Crippen LogP contribution in [-0.2, 0) is 4.92 Å². The third kappa shape index (κ3) is 61.4. The summed E-state index contributed by atoms with van der Waals surface area (Å²) in [7, 11) is 0. The van der Waals surface area contributed by atoms with Gasteiger partial charge in [-0.25, -0.2) is 0 Å². The Balaban J connectivity index is 0. The summed E-state index contributed by atoms with van der Waals surface area (Å²) in [6.45, 7) is 1.54. The Hall–Kier alpha value is 2.33. The van der Waals surface area contributed by atoms with Crippen LogP contribution in [0.3, 0.4) is 0 Å². The van der Waals surface area contributed by atoms with Crippen LogP contribution in [0.25, 0.3) is 0 Å². The minimum absolute atomic E-state index is 0.278. The molecule has 0 aliphatic carbocycles. The molecule has 7 heavy (non-hydrogen) atoms. The molecule has 0 nitrogen and oxygen atoms in total. The van der Waals surface area contributed by atoms with E-state index < -0.39 is 0 Å². The van der Waals surface area contributed by atoms with Gasteiger partial charge in [0.05, 0.1) is 0 Å². The zero-order valence-corrected chi connectivity index (χ0v) is 11.5. The summed E-state index contributed by atoms with van der Waals surface area (Å²) in [5, 5.41) is 0. The number of rotatable bonds is 0. The first kappa shape index (κ1) is 12.1. The van der Waals surface area contributed by atoms with E-state index in [2.05, 4.69) is 59.9 Å². The van der Waals surface area contributed by atoms with Gasteiger partial charge in [0.1, 0.15) is 0 Å². The molecule has 0 fully saturated rings. The maximum absolute atomic E-state index is 5.96. The van der Waals surface area contributed by atoms with E-state index in [4.69, 9.17) is 6.42 Å². The summed E-state index contributed by atoms with van der Waals surface area (Å²) < 4.78 is 0. The van der Waals surface area contributed by atoms with Gasteiger partial charge in [-0.05, 0) is 6.92 Å². The molecular weight excluding hydrogens is 468 g/mol. The molecule has 4 heteroatoms. The first-order valence-corrected chi connectivity index (χ1v) is 14.8. The Bertz CT molecular complexity index is 52.9. The average Bonchev–Trinajstić information content (AvgIpc) is 1.33. The molecule has 42 valence electrons. The van der Waals surface area contributed by atoms with Crippen molar-refractivity contribution in [3.05, 3.63) is 6.42 Å². The van der Waals surface area contributed by atoms with Crippen LogP contribution in [0.1, 0.15) is 6.92 Å². The van der Waals surface area contributed by atoms with E-state index in [1.54, 1.807) is 6.92 Å². The van der Waals surface area contributed by atoms with Gasteiger partial charge in [0, 0.05) is 0 Å². The molecular formula is C3H3I3V-. The second kappa shape index (κ2) is 11.2. The Kier molecular flexibility index (Phi) is 19.2.